The maximum absolute atomic E-state index is 12.5. The van der Waals surface area contributed by atoms with E-state index in [1.165, 1.54) is 17.7 Å². The molecule has 0 aromatic carbocycles. The Hall–Kier alpha value is -1.48. The summed E-state index contributed by atoms with van der Waals surface area (Å²) in [4.78, 5) is 29.1. The van der Waals surface area contributed by atoms with E-state index in [2.05, 4.69) is 25.8 Å². The molecule has 0 spiro atoms. The standard InChI is InChI=1S/C19H24ClN5O2S/c20-19-21-15-9-14(28-17(15)18(22-19)24-5-7-27-8-6-24)11-23-3-4-25(16(26)12-23)10-13-1-2-13/h9,13H,1-8,10-12H2. The van der Waals surface area contributed by atoms with Crippen LogP contribution in [-0.4, -0.2) is 78.2 Å². The molecular formula is C19H24ClN5O2S. The van der Waals surface area contributed by atoms with Gasteiger partial charge in [0.2, 0.25) is 11.2 Å². The number of fused-ring (bicyclic) bond motifs is 1. The van der Waals surface area contributed by atoms with Crippen LogP contribution < -0.4 is 4.90 Å². The van der Waals surface area contributed by atoms with Crippen LogP contribution >= 0.6 is 22.9 Å². The van der Waals surface area contributed by atoms with E-state index in [-0.39, 0.29) is 11.2 Å². The van der Waals surface area contributed by atoms with Crippen molar-refractivity contribution in [1.82, 2.24) is 19.8 Å². The molecule has 0 atom stereocenters. The van der Waals surface area contributed by atoms with Gasteiger partial charge >= 0.3 is 0 Å². The minimum Gasteiger partial charge on any atom is -0.378 e. The van der Waals surface area contributed by atoms with E-state index in [0.717, 1.165) is 61.2 Å². The number of amides is 1. The summed E-state index contributed by atoms with van der Waals surface area (Å²) in [6, 6.07) is 2.10. The molecule has 1 amide bonds. The lowest BCUT2D eigenvalue weighted by molar-refractivity contribution is -0.136. The van der Waals surface area contributed by atoms with Gasteiger partial charge in [0.15, 0.2) is 5.82 Å². The highest BCUT2D eigenvalue weighted by Crippen LogP contribution is 2.34. The Kier molecular flexibility index (Phi) is 5.13. The van der Waals surface area contributed by atoms with Crippen molar-refractivity contribution >= 4 is 44.9 Å². The van der Waals surface area contributed by atoms with Crippen LogP contribution in [0.25, 0.3) is 10.2 Å². The highest BCUT2D eigenvalue weighted by atomic mass is 35.5. The lowest BCUT2D eigenvalue weighted by Gasteiger charge is -2.34. The lowest BCUT2D eigenvalue weighted by Crippen LogP contribution is -2.50. The average molecular weight is 422 g/mol. The number of carbonyl (C=O) groups excluding carboxylic acids is 1. The number of thiophene rings is 1. The monoisotopic (exact) mass is 421 g/mol. The first kappa shape index (κ1) is 18.5. The van der Waals surface area contributed by atoms with Crippen LogP contribution in [0, 0.1) is 5.92 Å². The molecule has 1 saturated carbocycles. The molecule has 28 heavy (non-hydrogen) atoms. The first-order valence-corrected chi connectivity index (χ1v) is 11.1. The Morgan fingerprint density at radius 2 is 2.00 bits per heavy atom. The number of rotatable bonds is 5. The summed E-state index contributed by atoms with van der Waals surface area (Å²) >= 11 is 7.90. The Labute approximate surface area is 173 Å². The zero-order chi connectivity index (χ0) is 19.1. The number of anilines is 1. The first-order valence-electron chi connectivity index (χ1n) is 9.94. The van der Waals surface area contributed by atoms with Crippen molar-refractivity contribution in [2.45, 2.75) is 19.4 Å². The number of halogens is 1. The first-order chi connectivity index (χ1) is 13.7. The zero-order valence-corrected chi connectivity index (χ0v) is 17.3. The van der Waals surface area contributed by atoms with Crippen molar-refractivity contribution in [3.63, 3.8) is 0 Å². The number of piperazine rings is 1. The molecule has 3 fully saturated rings. The van der Waals surface area contributed by atoms with Gasteiger partial charge in [-0.3, -0.25) is 9.69 Å². The molecule has 4 heterocycles. The van der Waals surface area contributed by atoms with E-state index >= 15 is 0 Å². The van der Waals surface area contributed by atoms with Gasteiger partial charge in [0.05, 0.1) is 30.0 Å². The second-order valence-electron chi connectivity index (χ2n) is 7.84. The molecule has 1 aliphatic carbocycles. The van der Waals surface area contributed by atoms with Gasteiger partial charge in [-0.15, -0.1) is 11.3 Å². The predicted molar refractivity (Wildman–Crippen MR) is 110 cm³/mol. The molecule has 0 radical (unpaired) electrons. The summed E-state index contributed by atoms with van der Waals surface area (Å²) in [6.07, 6.45) is 2.56. The predicted octanol–water partition coefficient (Wildman–Crippen LogP) is 2.24. The highest BCUT2D eigenvalue weighted by molar-refractivity contribution is 7.19. The van der Waals surface area contributed by atoms with E-state index in [1.54, 1.807) is 11.3 Å². The molecule has 9 heteroatoms. The van der Waals surface area contributed by atoms with E-state index in [9.17, 15) is 4.79 Å². The number of ether oxygens (including phenoxy) is 1. The number of hydrogen-bond donors (Lipinski definition) is 0. The van der Waals surface area contributed by atoms with Crippen molar-refractivity contribution in [1.29, 1.82) is 0 Å². The molecular weight excluding hydrogens is 398 g/mol. The number of aromatic nitrogens is 2. The van der Waals surface area contributed by atoms with Gasteiger partial charge in [-0.25, -0.2) is 4.98 Å². The molecule has 0 unspecified atom stereocenters. The minimum atomic E-state index is 0.260. The topological polar surface area (TPSA) is 61.8 Å². The normalized spacial score (nSPS) is 21.7. The smallest absolute Gasteiger partial charge is 0.236 e. The van der Waals surface area contributed by atoms with Crippen LogP contribution in [0.4, 0.5) is 5.82 Å². The molecule has 2 aromatic rings. The second-order valence-corrected chi connectivity index (χ2v) is 9.31. The molecule has 150 valence electrons. The number of hydrogen-bond acceptors (Lipinski definition) is 7. The maximum Gasteiger partial charge on any atom is 0.236 e. The molecule has 2 saturated heterocycles. The van der Waals surface area contributed by atoms with E-state index in [0.29, 0.717) is 19.8 Å². The highest BCUT2D eigenvalue weighted by Gasteiger charge is 2.30. The van der Waals surface area contributed by atoms with Crippen LogP contribution in [0.1, 0.15) is 17.7 Å². The number of nitrogens with zero attached hydrogens (tertiary/aromatic N) is 5. The van der Waals surface area contributed by atoms with Crippen LogP contribution in [-0.2, 0) is 16.1 Å². The largest absolute Gasteiger partial charge is 0.378 e. The Morgan fingerprint density at radius 1 is 1.18 bits per heavy atom. The van der Waals surface area contributed by atoms with Crippen molar-refractivity contribution in [3.05, 3.63) is 16.2 Å². The van der Waals surface area contributed by atoms with Gasteiger partial charge in [-0.2, -0.15) is 4.98 Å². The van der Waals surface area contributed by atoms with Crippen molar-refractivity contribution < 1.29 is 9.53 Å². The Bertz CT molecular complexity index is 881. The van der Waals surface area contributed by atoms with Gasteiger partial charge in [0, 0.05) is 44.1 Å². The fourth-order valence-corrected chi connectivity index (χ4v) is 5.25. The quantitative estimate of drug-likeness (QED) is 0.690. The maximum atomic E-state index is 12.5. The molecule has 0 bridgehead atoms. The molecule has 5 rings (SSSR count). The number of carbonyl (C=O) groups is 1. The van der Waals surface area contributed by atoms with Crippen LogP contribution in [0.2, 0.25) is 5.28 Å². The van der Waals surface area contributed by atoms with Crippen LogP contribution in [0.5, 0.6) is 0 Å². The molecule has 7 nitrogen and oxygen atoms in total. The molecule has 2 aliphatic heterocycles. The van der Waals surface area contributed by atoms with Crippen molar-refractivity contribution in [2.24, 2.45) is 5.92 Å². The molecule has 0 N–H and O–H groups in total. The Balaban J connectivity index is 1.31. The summed E-state index contributed by atoms with van der Waals surface area (Å²) in [5.41, 5.74) is 0.889. The van der Waals surface area contributed by atoms with Gasteiger partial charge < -0.3 is 14.5 Å². The van der Waals surface area contributed by atoms with Crippen molar-refractivity contribution in [2.75, 3.05) is 57.4 Å². The third-order valence-electron chi connectivity index (χ3n) is 5.64. The van der Waals surface area contributed by atoms with E-state index < -0.39 is 0 Å². The number of morpholine rings is 1. The van der Waals surface area contributed by atoms with Crippen molar-refractivity contribution in [3.8, 4) is 0 Å². The van der Waals surface area contributed by atoms with Crippen LogP contribution in [0.3, 0.4) is 0 Å². The van der Waals surface area contributed by atoms with E-state index in [1.807, 2.05) is 4.90 Å². The van der Waals surface area contributed by atoms with Gasteiger partial charge in [0.25, 0.3) is 0 Å². The van der Waals surface area contributed by atoms with Gasteiger partial charge in [-0.1, -0.05) is 0 Å². The van der Waals surface area contributed by atoms with E-state index in [4.69, 9.17) is 16.3 Å². The molecule has 3 aliphatic rings. The SMILES string of the molecule is O=C1CN(Cc2cc3nc(Cl)nc(N4CCOCC4)c3s2)CCN1CC1CC1. The summed E-state index contributed by atoms with van der Waals surface area (Å²) in [5.74, 6) is 1.91. The fourth-order valence-electron chi connectivity index (χ4n) is 3.92. The average Bonchev–Trinajstić information content (AvgIpc) is 3.42. The lowest BCUT2D eigenvalue weighted by atomic mass is 10.2. The van der Waals surface area contributed by atoms with Gasteiger partial charge in [-0.05, 0) is 36.4 Å². The van der Waals surface area contributed by atoms with Crippen LogP contribution in [0.15, 0.2) is 6.07 Å². The fraction of sp³-hybridized carbons (Fsp3) is 0.632. The summed E-state index contributed by atoms with van der Waals surface area (Å²) in [7, 11) is 0. The van der Waals surface area contributed by atoms with Gasteiger partial charge in [0.1, 0.15) is 0 Å². The summed E-state index contributed by atoms with van der Waals surface area (Å²) in [6.45, 7) is 7.02. The zero-order valence-electron chi connectivity index (χ0n) is 15.8. The summed E-state index contributed by atoms with van der Waals surface area (Å²) < 4.78 is 6.53. The third-order valence-corrected chi connectivity index (χ3v) is 6.91. The minimum absolute atomic E-state index is 0.260. The summed E-state index contributed by atoms with van der Waals surface area (Å²) in [5, 5.41) is 0.280. The third kappa shape index (κ3) is 3.96. The molecule has 2 aromatic heterocycles. The second kappa shape index (κ2) is 7.74. The Morgan fingerprint density at radius 3 is 2.75 bits per heavy atom.